The maximum Gasteiger partial charge on any atom is 0.573 e. The van der Waals surface area contributed by atoms with Gasteiger partial charge in [0.05, 0.1) is 15.6 Å². The zero-order valence-electron chi connectivity index (χ0n) is 15.9. The van der Waals surface area contributed by atoms with E-state index in [0.29, 0.717) is 30.3 Å². The predicted molar refractivity (Wildman–Crippen MR) is 99.1 cm³/mol. The zero-order chi connectivity index (χ0) is 25.5. The molecule has 0 aliphatic heterocycles. The van der Waals surface area contributed by atoms with Crippen LogP contribution in [0.2, 0.25) is 5.02 Å². The van der Waals surface area contributed by atoms with Crippen molar-refractivity contribution >= 4 is 27.5 Å². The summed E-state index contributed by atoms with van der Waals surface area (Å²) in [6, 6.07) is 4.73. The highest BCUT2D eigenvalue weighted by atomic mass is 35.5. The number of halogens is 8. The number of carbonyl (C=O) groups excluding carboxylic acids is 1. The van der Waals surface area contributed by atoms with Gasteiger partial charge in [-0.3, -0.25) is 4.79 Å². The van der Waals surface area contributed by atoms with Crippen LogP contribution in [0.5, 0.6) is 5.75 Å². The number of nitrogens with zero attached hydrogens (tertiary/aromatic N) is 3. The predicted octanol–water partition coefficient (Wildman–Crippen LogP) is 4.10. The summed E-state index contributed by atoms with van der Waals surface area (Å²) in [5.74, 6) is -3.51. The maximum absolute atomic E-state index is 13.7. The topological polar surface area (TPSA) is 103 Å². The van der Waals surface area contributed by atoms with Crippen molar-refractivity contribution in [3.63, 3.8) is 0 Å². The molecule has 1 amide bonds. The van der Waals surface area contributed by atoms with E-state index in [9.17, 15) is 43.9 Å². The van der Waals surface area contributed by atoms with Crippen molar-refractivity contribution < 1.29 is 48.7 Å². The minimum Gasteiger partial charge on any atom is -0.406 e. The molecule has 34 heavy (non-hydrogen) atoms. The Hall–Kier alpha value is -3.40. The first kappa shape index (κ1) is 25.2. The van der Waals surface area contributed by atoms with Gasteiger partial charge in [-0.25, -0.2) is 22.2 Å². The van der Waals surface area contributed by atoms with Crippen LogP contribution in [-0.2, 0) is 16.2 Å². The molecule has 0 radical (unpaired) electrons. The van der Waals surface area contributed by atoms with E-state index in [1.807, 2.05) is 0 Å². The van der Waals surface area contributed by atoms with Gasteiger partial charge in [0, 0.05) is 0 Å². The number of hydrogen-bond donors (Lipinski definition) is 1. The molecule has 8 nitrogen and oxygen atoms in total. The van der Waals surface area contributed by atoms with E-state index in [4.69, 9.17) is 11.6 Å². The molecule has 0 fully saturated rings. The van der Waals surface area contributed by atoms with Crippen molar-refractivity contribution in [2.24, 2.45) is 0 Å². The first-order valence-electron chi connectivity index (χ1n) is 8.50. The lowest BCUT2D eigenvalue weighted by Gasteiger charge is -2.13. The lowest BCUT2D eigenvalue weighted by Crippen LogP contribution is -2.32. The first-order valence-corrected chi connectivity index (χ1v) is 10.4. The Labute approximate surface area is 189 Å². The second-order valence-corrected chi connectivity index (χ2v) is 8.34. The van der Waals surface area contributed by atoms with Crippen LogP contribution < -0.4 is 9.46 Å². The van der Waals surface area contributed by atoms with Crippen LogP contribution in [0, 0.1) is 5.82 Å². The smallest absolute Gasteiger partial charge is 0.406 e. The first-order chi connectivity index (χ1) is 15.6. The Morgan fingerprint density at radius 2 is 1.65 bits per heavy atom. The van der Waals surface area contributed by atoms with Crippen molar-refractivity contribution in [3.05, 3.63) is 64.7 Å². The van der Waals surface area contributed by atoms with Gasteiger partial charge in [-0.1, -0.05) is 16.8 Å². The second-order valence-electron chi connectivity index (χ2n) is 6.25. The van der Waals surface area contributed by atoms with E-state index in [2.05, 4.69) is 15.0 Å². The normalized spacial score (nSPS) is 12.5. The van der Waals surface area contributed by atoms with Crippen molar-refractivity contribution in [2.45, 2.75) is 17.4 Å². The highest BCUT2D eigenvalue weighted by Gasteiger charge is 2.43. The summed E-state index contributed by atoms with van der Waals surface area (Å²) < 4.78 is 121. The maximum atomic E-state index is 13.7. The van der Waals surface area contributed by atoms with Crippen molar-refractivity contribution in [1.29, 1.82) is 0 Å². The van der Waals surface area contributed by atoms with Crippen LogP contribution in [0.1, 0.15) is 16.2 Å². The zero-order valence-corrected chi connectivity index (χ0v) is 17.5. The number of ether oxygens (including phenoxy) is 1. The summed E-state index contributed by atoms with van der Waals surface area (Å²) in [5, 5.41) is 5.73. The summed E-state index contributed by atoms with van der Waals surface area (Å²) in [4.78, 5) is 11.6. The second kappa shape index (κ2) is 8.75. The fraction of sp³-hybridized carbons (Fsp3) is 0.118. The summed E-state index contributed by atoms with van der Waals surface area (Å²) in [5.41, 5.74) is -3.79. The molecule has 1 aromatic heterocycles. The van der Waals surface area contributed by atoms with Gasteiger partial charge in [-0.05, 0) is 42.5 Å². The summed E-state index contributed by atoms with van der Waals surface area (Å²) in [7, 11) is -4.86. The quantitative estimate of drug-likeness (QED) is 0.497. The van der Waals surface area contributed by atoms with Gasteiger partial charge in [0.15, 0.2) is 11.4 Å². The molecule has 17 heteroatoms. The molecule has 2 aromatic carbocycles. The Morgan fingerprint density at radius 1 is 1.03 bits per heavy atom. The molecule has 182 valence electrons. The van der Waals surface area contributed by atoms with Gasteiger partial charge >= 0.3 is 12.5 Å². The average molecular weight is 533 g/mol. The number of amides is 1. The van der Waals surface area contributed by atoms with E-state index in [1.54, 1.807) is 0 Å². The summed E-state index contributed by atoms with van der Waals surface area (Å²) >= 11 is 5.74. The Balaban J connectivity index is 1.95. The molecule has 1 N–H and O–H groups in total. The number of benzene rings is 2. The number of alkyl halides is 6. The van der Waals surface area contributed by atoms with Gasteiger partial charge in [-0.15, -0.1) is 18.3 Å². The van der Waals surface area contributed by atoms with E-state index in [-0.39, 0.29) is 4.68 Å². The molecule has 0 saturated heterocycles. The fourth-order valence-corrected chi connectivity index (χ4v) is 3.76. The van der Waals surface area contributed by atoms with Crippen LogP contribution >= 0.6 is 11.6 Å². The van der Waals surface area contributed by atoms with Crippen LogP contribution in [0.4, 0.5) is 30.7 Å². The molecule has 0 unspecified atom stereocenters. The summed E-state index contributed by atoms with van der Waals surface area (Å²) in [6.07, 6.45) is -10.4. The van der Waals surface area contributed by atoms with Crippen molar-refractivity contribution in [3.8, 4) is 11.4 Å². The molecule has 3 rings (SSSR count). The van der Waals surface area contributed by atoms with Crippen LogP contribution in [0.15, 0.2) is 47.4 Å². The number of hydrogen-bond acceptors (Lipinski definition) is 6. The average Bonchev–Trinajstić information content (AvgIpc) is 3.12. The molecule has 3 aromatic rings. The Morgan fingerprint density at radius 3 is 2.18 bits per heavy atom. The molecule has 0 bridgehead atoms. The van der Waals surface area contributed by atoms with E-state index < -0.39 is 67.0 Å². The number of nitrogens with one attached hydrogen (secondary N) is 1. The molecule has 0 saturated carbocycles. The van der Waals surface area contributed by atoms with Gasteiger partial charge in [0.1, 0.15) is 11.6 Å². The largest absolute Gasteiger partial charge is 0.573 e. The van der Waals surface area contributed by atoms with Gasteiger partial charge < -0.3 is 4.74 Å². The minimum atomic E-state index is -5.30. The molecular weight excluding hydrogens is 525 g/mol. The van der Waals surface area contributed by atoms with E-state index in [1.165, 1.54) is 4.72 Å². The lowest BCUT2D eigenvalue weighted by molar-refractivity contribution is -0.274. The third-order valence-corrected chi connectivity index (χ3v) is 5.54. The third-order valence-electron chi connectivity index (χ3n) is 3.89. The minimum absolute atomic E-state index is 0.0760. The number of aromatic nitrogens is 3. The SMILES string of the molecule is O=C(NS(=O)(=O)c1ccc(OC(F)(F)F)cc1)c1nnn(-c2ccc(F)cc2Cl)c1C(F)(F)F. The van der Waals surface area contributed by atoms with Gasteiger partial charge in [0.25, 0.3) is 15.9 Å². The number of sulfonamides is 1. The van der Waals surface area contributed by atoms with E-state index >= 15 is 0 Å². The highest BCUT2D eigenvalue weighted by Crippen LogP contribution is 2.34. The van der Waals surface area contributed by atoms with Crippen LogP contribution in [-0.4, -0.2) is 35.7 Å². The van der Waals surface area contributed by atoms with Crippen LogP contribution in [0.25, 0.3) is 5.69 Å². The third kappa shape index (κ3) is 5.56. The highest BCUT2D eigenvalue weighted by molar-refractivity contribution is 7.90. The molecule has 0 aliphatic carbocycles. The fourth-order valence-electron chi connectivity index (χ4n) is 2.56. The Bertz CT molecular complexity index is 1340. The van der Waals surface area contributed by atoms with E-state index in [0.717, 1.165) is 12.1 Å². The van der Waals surface area contributed by atoms with Gasteiger partial charge in [0.2, 0.25) is 0 Å². The molecule has 1 heterocycles. The monoisotopic (exact) mass is 532 g/mol. The Kier molecular flexibility index (Phi) is 6.49. The summed E-state index contributed by atoms with van der Waals surface area (Å²) in [6.45, 7) is 0. The van der Waals surface area contributed by atoms with Crippen molar-refractivity contribution in [1.82, 2.24) is 19.7 Å². The van der Waals surface area contributed by atoms with Gasteiger partial charge in [-0.2, -0.15) is 13.2 Å². The molecule has 0 atom stereocenters. The lowest BCUT2D eigenvalue weighted by atomic mass is 10.2. The molecular formula is C17H8ClF7N4O4S. The molecule has 0 spiro atoms. The standard InChI is InChI=1S/C17H8ClF7N4O4S/c18-11-7-8(19)1-6-12(11)29-14(16(20,21)22)13(26-28-29)15(30)27-34(31,32)10-4-2-9(3-5-10)33-17(23,24)25/h1-7H,(H,27,30). The molecule has 0 aliphatic rings. The van der Waals surface area contributed by atoms with Crippen LogP contribution in [0.3, 0.4) is 0 Å². The van der Waals surface area contributed by atoms with Crippen molar-refractivity contribution in [2.75, 3.05) is 0 Å². The number of rotatable bonds is 5. The number of carbonyl (C=O) groups is 1.